The quantitative estimate of drug-likeness (QED) is 0.179. The van der Waals surface area contributed by atoms with Gasteiger partial charge in [0.2, 0.25) is 5.91 Å². The first-order valence-electron chi connectivity index (χ1n) is 12.3. The van der Waals surface area contributed by atoms with Crippen LogP contribution in [0.1, 0.15) is 5.56 Å². The number of benzene rings is 3. The number of aromatic nitrogens is 2. The molecule has 3 N–H and O–H groups in total. The summed E-state index contributed by atoms with van der Waals surface area (Å²) in [6.07, 6.45) is 0.611. The topological polar surface area (TPSA) is 98.3 Å². The van der Waals surface area contributed by atoms with Gasteiger partial charge in [0.1, 0.15) is 0 Å². The Morgan fingerprint density at radius 2 is 1.74 bits per heavy atom. The van der Waals surface area contributed by atoms with Crippen LogP contribution >= 0.6 is 23.2 Å². The van der Waals surface area contributed by atoms with Crippen LogP contribution in [0.2, 0.25) is 10.0 Å². The second-order valence-electron chi connectivity index (χ2n) is 9.02. The molecule has 0 unspecified atom stereocenters. The SMILES string of the molecule is CN(c1cccnc1)c1ccc(NC(=O)Cc2c[nH]c3ccccc23)cc1-c1ccc(Cl)c(Cl)c1.O=C(O)C(F)(F)F. The van der Waals surface area contributed by atoms with E-state index in [0.29, 0.717) is 15.7 Å². The molecule has 5 aromatic rings. The highest BCUT2D eigenvalue weighted by atomic mass is 35.5. The van der Waals surface area contributed by atoms with E-state index in [1.165, 1.54) is 0 Å². The Labute approximate surface area is 248 Å². The van der Waals surface area contributed by atoms with Crippen LogP contribution in [0, 0.1) is 0 Å². The Morgan fingerprint density at radius 3 is 2.40 bits per heavy atom. The molecule has 5 rings (SSSR count). The van der Waals surface area contributed by atoms with Crippen LogP contribution in [0.3, 0.4) is 0 Å². The number of carbonyl (C=O) groups is 2. The number of H-pyrrole nitrogens is 1. The molecule has 0 aliphatic carbocycles. The highest BCUT2D eigenvalue weighted by Crippen LogP contribution is 2.38. The first-order chi connectivity index (χ1) is 19.9. The monoisotopic (exact) mass is 614 g/mol. The highest BCUT2D eigenvalue weighted by molar-refractivity contribution is 6.42. The lowest BCUT2D eigenvalue weighted by atomic mass is 10.0. The van der Waals surface area contributed by atoms with Gasteiger partial charge in [0, 0.05) is 47.3 Å². The third kappa shape index (κ3) is 7.39. The fourth-order valence-electron chi connectivity index (χ4n) is 4.15. The number of amides is 1. The van der Waals surface area contributed by atoms with Crippen LogP contribution in [0.15, 0.2) is 91.4 Å². The fourth-order valence-corrected chi connectivity index (χ4v) is 4.45. The van der Waals surface area contributed by atoms with Crippen molar-refractivity contribution in [3.05, 3.63) is 107 Å². The summed E-state index contributed by atoms with van der Waals surface area (Å²) in [5.41, 5.74) is 6.32. The molecule has 0 saturated heterocycles. The molecule has 2 aromatic heterocycles. The number of alkyl halides is 3. The number of halogens is 5. The fraction of sp³-hybridized carbons (Fsp3) is 0.100. The molecule has 1 amide bonds. The molecule has 216 valence electrons. The van der Waals surface area contributed by atoms with E-state index < -0.39 is 12.1 Å². The largest absolute Gasteiger partial charge is 0.490 e. The van der Waals surface area contributed by atoms with Crippen molar-refractivity contribution >= 4 is 63.0 Å². The number of nitrogens with zero attached hydrogens (tertiary/aromatic N) is 2. The minimum atomic E-state index is -5.08. The predicted molar refractivity (Wildman–Crippen MR) is 159 cm³/mol. The molecule has 0 aliphatic rings. The van der Waals surface area contributed by atoms with Gasteiger partial charge in [-0.3, -0.25) is 9.78 Å². The van der Waals surface area contributed by atoms with E-state index in [1.54, 1.807) is 18.5 Å². The summed E-state index contributed by atoms with van der Waals surface area (Å²) in [5.74, 6) is -2.85. The number of aromatic amines is 1. The molecule has 0 spiro atoms. The van der Waals surface area contributed by atoms with Gasteiger partial charge in [-0.25, -0.2) is 4.79 Å². The minimum Gasteiger partial charge on any atom is -0.475 e. The summed E-state index contributed by atoms with van der Waals surface area (Å²) in [6, 6.07) is 23.2. The number of para-hydroxylation sites is 1. The Kier molecular flexibility index (Phi) is 9.39. The van der Waals surface area contributed by atoms with Crippen LogP contribution < -0.4 is 10.2 Å². The van der Waals surface area contributed by atoms with E-state index >= 15 is 0 Å². The average Bonchev–Trinajstić information content (AvgIpc) is 3.37. The van der Waals surface area contributed by atoms with Crippen LogP contribution in [0.5, 0.6) is 0 Å². The number of fused-ring (bicyclic) bond motifs is 1. The van der Waals surface area contributed by atoms with E-state index in [2.05, 4.69) is 15.3 Å². The molecule has 0 fully saturated rings. The second-order valence-corrected chi connectivity index (χ2v) is 9.83. The van der Waals surface area contributed by atoms with E-state index in [-0.39, 0.29) is 12.3 Å². The lowest BCUT2D eigenvalue weighted by molar-refractivity contribution is -0.192. The van der Waals surface area contributed by atoms with Gasteiger partial charge in [-0.1, -0.05) is 47.5 Å². The van der Waals surface area contributed by atoms with Crippen molar-refractivity contribution in [3.63, 3.8) is 0 Å². The zero-order valence-corrected chi connectivity index (χ0v) is 23.4. The normalized spacial score (nSPS) is 11.0. The predicted octanol–water partition coefficient (Wildman–Crippen LogP) is 8.12. The number of carboxylic acid groups (broad SMARTS) is 1. The molecule has 0 radical (unpaired) electrons. The van der Waals surface area contributed by atoms with Gasteiger partial charge in [-0.2, -0.15) is 13.2 Å². The number of carbonyl (C=O) groups excluding carboxylic acids is 1. The minimum absolute atomic E-state index is 0.0943. The number of anilines is 3. The van der Waals surface area contributed by atoms with Gasteiger partial charge in [0.05, 0.1) is 28.4 Å². The van der Waals surface area contributed by atoms with Gasteiger partial charge in [-0.15, -0.1) is 0 Å². The molecule has 2 heterocycles. The molecule has 0 atom stereocenters. The van der Waals surface area contributed by atoms with Gasteiger partial charge in [0.15, 0.2) is 0 Å². The summed E-state index contributed by atoms with van der Waals surface area (Å²) in [4.78, 5) is 31.3. The van der Waals surface area contributed by atoms with Crippen molar-refractivity contribution in [2.45, 2.75) is 12.6 Å². The summed E-state index contributed by atoms with van der Waals surface area (Å²) in [7, 11) is 1.97. The summed E-state index contributed by atoms with van der Waals surface area (Å²) >= 11 is 12.5. The number of rotatable bonds is 6. The number of aliphatic carboxylic acids is 1. The van der Waals surface area contributed by atoms with E-state index in [1.807, 2.05) is 84.9 Å². The third-order valence-corrected chi connectivity index (χ3v) is 6.91. The van der Waals surface area contributed by atoms with E-state index in [9.17, 15) is 18.0 Å². The first-order valence-corrected chi connectivity index (χ1v) is 13.1. The first kappa shape index (κ1) is 30.4. The maximum atomic E-state index is 12.9. The number of pyridine rings is 1. The van der Waals surface area contributed by atoms with Crippen molar-refractivity contribution in [2.75, 3.05) is 17.3 Å². The standard InChI is InChI=1S/C28H22Cl2N4O.C2HF3O2/c1-34(21-5-4-12-31-17-21)27-11-9-20(15-23(27)18-8-10-24(29)25(30)13-18)33-28(35)14-19-16-32-26-7-3-2-6-22(19)26;3-2(4,5)1(6)7/h2-13,15-17,32H,14H2,1H3,(H,33,35);(H,6,7). The highest BCUT2D eigenvalue weighted by Gasteiger charge is 2.38. The van der Waals surface area contributed by atoms with Crippen LogP contribution in [0.25, 0.3) is 22.0 Å². The van der Waals surface area contributed by atoms with Gasteiger partial charge < -0.3 is 20.3 Å². The zero-order valence-electron chi connectivity index (χ0n) is 21.9. The molecule has 0 bridgehead atoms. The summed E-state index contributed by atoms with van der Waals surface area (Å²) in [5, 5.41) is 12.2. The average molecular weight is 615 g/mol. The summed E-state index contributed by atoms with van der Waals surface area (Å²) < 4.78 is 31.7. The lowest BCUT2D eigenvalue weighted by Crippen LogP contribution is -2.21. The van der Waals surface area contributed by atoms with E-state index in [0.717, 1.165) is 39.0 Å². The molecule has 12 heteroatoms. The Hall–Kier alpha value is -4.54. The maximum absolute atomic E-state index is 12.9. The number of carboxylic acids is 1. The van der Waals surface area contributed by atoms with Crippen molar-refractivity contribution < 1.29 is 27.9 Å². The molecule has 7 nitrogen and oxygen atoms in total. The Bertz CT molecular complexity index is 1730. The van der Waals surface area contributed by atoms with Crippen molar-refractivity contribution in [1.82, 2.24) is 9.97 Å². The molecule has 42 heavy (non-hydrogen) atoms. The van der Waals surface area contributed by atoms with Gasteiger partial charge in [0.25, 0.3) is 0 Å². The zero-order chi connectivity index (χ0) is 30.4. The van der Waals surface area contributed by atoms with Crippen molar-refractivity contribution in [1.29, 1.82) is 0 Å². The molecule has 0 aliphatic heterocycles. The van der Waals surface area contributed by atoms with Crippen LogP contribution in [-0.4, -0.2) is 40.2 Å². The Balaban J connectivity index is 0.000000517. The molecular weight excluding hydrogens is 592 g/mol. The number of hydrogen-bond donors (Lipinski definition) is 3. The van der Waals surface area contributed by atoms with Gasteiger partial charge in [-0.05, 0) is 59.7 Å². The van der Waals surface area contributed by atoms with Crippen LogP contribution in [-0.2, 0) is 16.0 Å². The summed E-state index contributed by atoms with van der Waals surface area (Å²) in [6.45, 7) is 0. The van der Waals surface area contributed by atoms with Crippen molar-refractivity contribution in [3.8, 4) is 11.1 Å². The number of hydrogen-bond acceptors (Lipinski definition) is 4. The maximum Gasteiger partial charge on any atom is 0.490 e. The molecular formula is C30H23Cl2F3N4O3. The molecule has 0 saturated carbocycles. The van der Waals surface area contributed by atoms with Crippen molar-refractivity contribution in [2.24, 2.45) is 0 Å². The van der Waals surface area contributed by atoms with Crippen LogP contribution in [0.4, 0.5) is 30.2 Å². The smallest absolute Gasteiger partial charge is 0.475 e. The second kappa shape index (κ2) is 13.0. The number of nitrogens with one attached hydrogen (secondary N) is 2. The van der Waals surface area contributed by atoms with Gasteiger partial charge >= 0.3 is 12.1 Å². The molecule has 3 aromatic carbocycles. The van der Waals surface area contributed by atoms with E-state index in [4.69, 9.17) is 33.1 Å². The third-order valence-electron chi connectivity index (χ3n) is 6.17. The Morgan fingerprint density at radius 1 is 1.00 bits per heavy atom. The lowest BCUT2D eigenvalue weighted by Gasteiger charge is -2.23.